The summed E-state index contributed by atoms with van der Waals surface area (Å²) in [5.41, 5.74) is 1.34. The number of aliphatic carboxylic acids is 1. The zero-order chi connectivity index (χ0) is 16.0. The molecule has 0 heterocycles. The maximum absolute atomic E-state index is 11.7. The lowest BCUT2D eigenvalue weighted by atomic mass is 10.1. The van der Waals surface area contributed by atoms with Crippen LogP contribution in [0.15, 0.2) is 18.2 Å². The molecular formula is C13H18N2O5S. The summed E-state index contributed by atoms with van der Waals surface area (Å²) in [6.45, 7) is 3.97. The highest BCUT2D eigenvalue weighted by Crippen LogP contribution is 2.18. The monoisotopic (exact) mass is 314 g/mol. The largest absolute Gasteiger partial charge is 0.481 e. The highest BCUT2D eigenvalue weighted by Gasteiger charge is 2.15. The molecule has 0 aliphatic heterocycles. The molecule has 0 radical (unpaired) electrons. The van der Waals surface area contributed by atoms with Gasteiger partial charge >= 0.3 is 5.97 Å². The third-order valence-electron chi connectivity index (χ3n) is 2.68. The summed E-state index contributed by atoms with van der Waals surface area (Å²) in [4.78, 5) is 22.1. The van der Waals surface area contributed by atoms with E-state index >= 15 is 0 Å². The summed E-state index contributed by atoms with van der Waals surface area (Å²) in [7, 11) is -3.73. The van der Waals surface area contributed by atoms with Crippen LogP contribution in [0, 0.1) is 6.92 Å². The molecule has 3 N–H and O–H groups in total. The zero-order valence-electron chi connectivity index (χ0n) is 11.8. The number of rotatable bonds is 7. The van der Waals surface area contributed by atoms with Crippen LogP contribution in [0.5, 0.6) is 0 Å². The fourth-order valence-electron chi connectivity index (χ4n) is 1.62. The highest BCUT2D eigenvalue weighted by molar-refractivity contribution is 7.92. The number of aryl methyl sites for hydroxylation is 1. The third kappa shape index (κ3) is 5.42. The van der Waals surface area contributed by atoms with Gasteiger partial charge < -0.3 is 10.4 Å². The van der Waals surface area contributed by atoms with E-state index in [0.717, 1.165) is 0 Å². The van der Waals surface area contributed by atoms with Gasteiger partial charge in [-0.3, -0.25) is 14.3 Å². The van der Waals surface area contributed by atoms with Crippen molar-refractivity contribution in [3.63, 3.8) is 0 Å². The number of carboxylic acids is 1. The first-order valence-electron chi connectivity index (χ1n) is 6.36. The van der Waals surface area contributed by atoms with E-state index in [2.05, 4.69) is 10.0 Å². The average Bonchev–Trinajstić information content (AvgIpc) is 2.39. The number of anilines is 1. The molecule has 0 unspecified atom stereocenters. The molecular weight excluding hydrogens is 296 g/mol. The number of hydrogen-bond donors (Lipinski definition) is 3. The Hall–Kier alpha value is -2.09. The van der Waals surface area contributed by atoms with E-state index in [1.165, 1.54) is 12.1 Å². The van der Waals surface area contributed by atoms with Crippen LogP contribution < -0.4 is 10.0 Å². The molecule has 0 saturated heterocycles. The topological polar surface area (TPSA) is 113 Å². The predicted molar refractivity (Wildman–Crippen MR) is 78.8 cm³/mol. The molecule has 0 atom stereocenters. The second kappa shape index (κ2) is 7.07. The third-order valence-corrected chi connectivity index (χ3v) is 3.95. The Morgan fingerprint density at radius 2 is 1.95 bits per heavy atom. The van der Waals surface area contributed by atoms with Crippen molar-refractivity contribution in [2.75, 3.05) is 17.0 Å². The molecule has 8 heteroatoms. The van der Waals surface area contributed by atoms with Gasteiger partial charge in [-0.25, -0.2) is 8.42 Å². The maximum Gasteiger partial charge on any atom is 0.304 e. The molecule has 0 aliphatic carbocycles. The van der Waals surface area contributed by atoms with Crippen LogP contribution >= 0.6 is 0 Å². The van der Waals surface area contributed by atoms with Crippen LogP contribution in [-0.4, -0.2) is 37.7 Å². The summed E-state index contributed by atoms with van der Waals surface area (Å²) in [6.07, 6.45) is -0.467. The molecule has 1 rings (SSSR count). The predicted octanol–water partition coefficient (Wildman–Crippen LogP) is 0.961. The number of nitrogens with one attached hydrogen (secondary N) is 2. The van der Waals surface area contributed by atoms with Crippen LogP contribution in [0.4, 0.5) is 5.69 Å². The van der Waals surface area contributed by atoms with Gasteiger partial charge in [0.1, 0.15) is 0 Å². The van der Waals surface area contributed by atoms with Gasteiger partial charge in [0.05, 0.1) is 17.9 Å². The Balaban J connectivity index is 2.86. The smallest absolute Gasteiger partial charge is 0.304 e. The molecule has 0 aliphatic rings. The standard InChI is InChI=1S/C13H18N2O5S/c1-3-14-13(18)10-4-5-11(9(2)8-10)15-21(19,20)7-6-12(16)17/h4-5,8,15H,3,6-7H2,1-2H3,(H,14,18)(H,16,17). The summed E-state index contributed by atoms with van der Waals surface area (Å²) < 4.78 is 25.8. The zero-order valence-corrected chi connectivity index (χ0v) is 12.7. The van der Waals surface area contributed by atoms with Crippen LogP contribution in [0.3, 0.4) is 0 Å². The van der Waals surface area contributed by atoms with Gasteiger partial charge in [0, 0.05) is 12.1 Å². The molecule has 1 aromatic carbocycles. The molecule has 1 amide bonds. The number of hydrogen-bond acceptors (Lipinski definition) is 4. The lowest BCUT2D eigenvalue weighted by Gasteiger charge is -2.11. The van der Waals surface area contributed by atoms with Gasteiger partial charge in [-0.05, 0) is 37.6 Å². The number of carbonyl (C=O) groups excluding carboxylic acids is 1. The van der Waals surface area contributed by atoms with E-state index in [4.69, 9.17) is 5.11 Å². The van der Waals surface area contributed by atoms with E-state index < -0.39 is 28.2 Å². The summed E-state index contributed by atoms with van der Waals surface area (Å²) >= 11 is 0. The quantitative estimate of drug-likeness (QED) is 0.694. The molecule has 7 nitrogen and oxygen atoms in total. The summed E-state index contributed by atoms with van der Waals surface area (Å²) in [5.74, 6) is -1.91. The van der Waals surface area contributed by atoms with Crippen LogP contribution in [0.2, 0.25) is 0 Å². The van der Waals surface area contributed by atoms with Crippen molar-refractivity contribution in [3.05, 3.63) is 29.3 Å². The van der Waals surface area contributed by atoms with Gasteiger partial charge in [-0.1, -0.05) is 0 Å². The number of carbonyl (C=O) groups is 2. The van der Waals surface area contributed by atoms with Crippen LogP contribution in [0.1, 0.15) is 29.3 Å². The molecule has 0 fully saturated rings. The van der Waals surface area contributed by atoms with E-state index in [1.807, 2.05) is 0 Å². The van der Waals surface area contributed by atoms with Crippen molar-refractivity contribution >= 4 is 27.6 Å². The van der Waals surface area contributed by atoms with Crippen LogP contribution in [0.25, 0.3) is 0 Å². The van der Waals surface area contributed by atoms with Crippen molar-refractivity contribution in [2.24, 2.45) is 0 Å². The highest BCUT2D eigenvalue weighted by atomic mass is 32.2. The van der Waals surface area contributed by atoms with Crippen molar-refractivity contribution in [3.8, 4) is 0 Å². The number of benzene rings is 1. The minimum atomic E-state index is -3.73. The van der Waals surface area contributed by atoms with Gasteiger partial charge in [-0.2, -0.15) is 0 Å². The second-order valence-electron chi connectivity index (χ2n) is 4.45. The second-order valence-corrected chi connectivity index (χ2v) is 6.30. The Morgan fingerprint density at radius 3 is 2.48 bits per heavy atom. The first-order chi connectivity index (χ1) is 9.75. The molecule has 0 aromatic heterocycles. The van der Waals surface area contributed by atoms with Gasteiger partial charge in [0.15, 0.2) is 0 Å². The fourth-order valence-corrected chi connectivity index (χ4v) is 2.73. The molecule has 116 valence electrons. The molecule has 21 heavy (non-hydrogen) atoms. The Kier molecular flexibility index (Phi) is 5.71. The van der Waals surface area contributed by atoms with E-state index in [0.29, 0.717) is 23.4 Å². The number of amides is 1. The van der Waals surface area contributed by atoms with Crippen molar-refractivity contribution in [2.45, 2.75) is 20.3 Å². The average molecular weight is 314 g/mol. The van der Waals surface area contributed by atoms with Crippen LogP contribution in [-0.2, 0) is 14.8 Å². The number of carboxylic acid groups (broad SMARTS) is 1. The maximum atomic E-state index is 11.7. The van der Waals surface area contributed by atoms with E-state index in [9.17, 15) is 18.0 Å². The van der Waals surface area contributed by atoms with Gasteiger partial charge in [0.25, 0.3) is 5.91 Å². The minimum Gasteiger partial charge on any atom is -0.481 e. The van der Waals surface area contributed by atoms with Gasteiger partial charge in [-0.15, -0.1) is 0 Å². The fraction of sp³-hybridized carbons (Fsp3) is 0.385. The van der Waals surface area contributed by atoms with E-state index in [1.54, 1.807) is 19.9 Å². The first kappa shape index (κ1) is 17.0. The Labute approximate surface area is 123 Å². The SMILES string of the molecule is CCNC(=O)c1ccc(NS(=O)(=O)CCC(=O)O)c(C)c1. The lowest BCUT2D eigenvalue weighted by Crippen LogP contribution is -2.23. The van der Waals surface area contributed by atoms with Crippen molar-refractivity contribution in [1.29, 1.82) is 0 Å². The Bertz CT molecular complexity index is 640. The van der Waals surface area contributed by atoms with Crippen molar-refractivity contribution < 1.29 is 23.1 Å². The summed E-state index contributed by atoms with van der Waals surface area (Å²) in [6, 6.07) is 4.56. The molecule has 0 spiro atoms. The first-order valence-corrected chi connectivity index (χ1v) is 8.01. The van der Waals surface area contributed by atoms with E-state index in [-0.39, 0.29) is 5.91 Å². The van der Waals surface area contributed by atoms with Gasteiger partial charge in [0.2, 0.25) is 10.0 Å². The Morgan fingerprint density at radius 1 is 1.29 bits per heavy atom. The summed E-state index contributed by atoms with van der Waals surface area (Å²) in [5, 5.41) is 11.2. The molecule has 0 bridgehead atoms. The molecule has 0 saturated carbocycles. The minimum absolute atomic E-state index is 0.235. The normalized spacial score (nSPS) is 11.0. The lowest BCUT2D eigenvalue weighted by molar-refractivity contribution is -0.136. The number of sulfonamides is 1. The van der Waals surface area contributed by atoms with Crippen molar-refractivity contribution in [1.82, 2.24) is 5.32 Å². The molecule has 1 aromatic rings.